The van der Waals surface area contributed by atoms with E-state index in [0.29, 0.717) is 18.3 Å². The van der Waals surface area contributed by atoms with Crippen molar-refractivity contribution in [3.05, 3.63) is 11.7 Å². The van der Waals surface area contributed by atoms with Gasteiger partial charge in [-0.05, 0) is 32.6 Å². The molecule has 1 N–H and O–H groups in total. The average Bonchev–Trinajstić information content (AvgIpc) is 2.94. The number of aliphatic hydroxyl groups excluding tert-OH is 1. The molecular formula is C12H20N2O3. The normalized spacial score (nSPS) is 26.3. The fourth-order valence-electron chi connectivity index (χ4n) is 2.33. The smallest absolute Gasteiger partial charge is 0.232 e. The Hall–Kier alpha value is -0.940. The molecule has 2 rings (SSSR count). The zero-order chi connectivity index (χ0) is 12.3. The van der Waals surface area contributed by atoms with Gasteiger partial charge in [-0.1, -0.05) is 12.1 Å². The summed E-state index contributed by atoms with van der Waals surface area (Å²) in [6.45, 7) is 4.61. The molecule has 1 heterocycles. The van der Waals surface area contributed by atoms with E-state index in [0.717, 1.165) is 25.7 Å². The summed E-state index contributed by atoms with van der Waals surface area (Å²) in [6.07, 6.45) is 3.15. The highest BCUT2D eigenvalue weighted by molar-refractivity contribution is 5.01. The van der Waals surface area contributed by atoms with Crippen molar-refractivity contribution < 1.29 is 14.4 Å². The van der Waals surface area contributed by atoms with Crippen molar-refractivity contribution in [3.63, 3.8) is 0 Å². The number of ether oxygens (including phenoxy) is 1. The second-order valence-electron chi connectivity index (χ2n) is 4.45. The largest absolute Gasteiger partial charge is 0.392 e. The summed E-state index contributed by atoms with van der Waals surface area (Å²) in [7, 11) is 0. The van der Waals surface area contributed by atoms with Crippen LogP contribution >= 0.6 is 0 Å². The first-order chi connectivity index (χ1) is 8.26. The van der Waals surface area contributed by atoms with Crippen molar-refractivity contribution in [2.24, 2.45) is 0 Å². The maximum atomic E-state index is 9.79. The summed E-state index contributed by atoms with van der Waals surface area (Å²) < 4.78 is 10.8. The predicted octanol–water partition coefficient (Wildman–Crippen LogP) is 2.19. The number of aromatic nitrogens is 2. The van der Waals surface area contributed by atoms with E-state index in [9.17, 15) is 5.11 Å². The summed E-state index contributed by atoms with van der Waals surface area (Å²) in [5.41, 5.74) is 0. The Labute approximate surface area is 101 Å². The Balaban J connectivity index is 2.09. The summed E-state index contributed by atoms with van der Waals surface area (Å²) in [4.78, 5) is 4.37. The summed E-state index contributed by atoms with van der Waals surface area (Å²) in [6, 6.07) is 0. The Morgan fingerprint density at radius 2 is 2.29 bits per heavy atom. The van der Waals surface area contributed by atoms with Crippen LogP contribution in [0, 0.1) is 0 Å². The highest BCUT2D eigenvalue weighted by Crippen LogP contribution is 2.34. The van der Waals surface area contributed by atoms with Gasteiger partial charge >= 0.3 is 0 Å². The van der Waals surface area contributed by atoms with Crippen LogP contribution in [0.3, 0.4) is 0 Å². The van der Waals surface area contributed by atoms with Crippen molar-refractivity contribution in [2.45, 2.75) is 57.7 Å². The predicted molar refractivity (Wildman–Crippen MR) is 61.6 cm³/mol. The third-order valence-corrected chi connectivity index (χ3v) is 3.28. The van der Waals surface area contributed by atoms with E-state index in [2.05, 4.69) is 10.1 Å². The van der Waals surface area contributed by atoms with Crippen molar-refractivity contribution >= 4 is 0 Å². The average molecular weight is 240 g/mol. The van der Waals surface area contributed by atoms with Crippen molar-refractivity contribution in [2.75, 3.05) is 6.61 Å². The van der Waals surface area contributed by atoms with Crippen molar-refractivity contribution in [1.29, 1.82) is 0 Å². The fraction of sp³-hybridized carbons (Fsp3) is 0.833. The maximum absolute atomic E-state index is 9.79. The molecule has 1 aliphatic rings. The zero-order valence-electron chi connectivity index (χ0n) is 10.4. The molecule has 1 aliphatic carbocycles. The van der Waals surface area contributed by atoms with E-state index < -0.39 is 0 Å². The lowest BCUT2D eigenvalue weighted by atomic mass is 10.1. The molecule has 5 nitrogen and oxygen atoms in total. The minimum Gasteiger partial charge on any atom is -0.392 e. The first-order valence-electron chi connectivity index (χ1n) is 6.39. The van der Waals surface area contributed by atoms with Gasteiger partial charge in [0.25, 0.3) is 0 Å². The number of hydrogen-bond donors (Lipinski definition) is 1. The number of aliphatic hydroxyl groups is 1. The maximum Gasteiger partial charge on any atom is 0.232 e. The quantitative estimate of drug-likeness (QED) is 0.854. The molecule has 96 valence electrons. The molecule has 5 heteroatoms. The highest BCUT2D eigenvalue weighted by atomic mass is 16.5. The first kappa shape index (κ1) is 12.5. The molecule has 0 aromatic carbocycles. The molecule has 0 amide bonds. The van der Waals surface area contributed by atoms with Crippen LogP contribution in [0.25, 0.3) is 0 Å². The van der Waals surface area contributed by atoms with Crippen LogP contribution in [0.1, 0.15) is 63.3 Å². The van der Waals surface area contributed by atoms with E-state index in [-0.39, 0.29) is 18.1 Å². The lowest BCUT2D eigenvalue weighted by Crippen LogP contribution is -2.12. The Bertz CT molecular complexity index is 353. The van der Waals surface area contributed by atoms with Gasteiger partial charge in [-0.15, -0.1) is 0 Å². The van der Waals surface area contributed by atoms with Gasteiger partial charge in [0.2, 0.25) is 11.7 Å². The van der Waals surface area contributed by atoms with E-state index >= 15 is 0 Å². The van der Waals surface area contributed by atoms with Crippen molar-refractivity contribution in [1.82, 2.24) is 10.1 Å². The standard InChI is InChI=1S/C12H20N2O3/c1-3-10(16-4-2)11-13-12(17-14-11)8-6-5-7-9(8)15/h8-10,15H,3-7H2,1-2H3. The zero-order valence-corrected chi connectivity index (χ0v) is 10.4. The van der Waals surface area contributed by atoms with Gasteiger partial charge in [0.15, 0.2) is 0 Å². The number of hydrogen-bond acceptors (Lipinski definition) is 5. The Morgan fingerprint density at radius 3 is 2.88 bits per heavy atom. The topological polar surface area (TPSA) is 68.4 Å². The van der Waals surface area contributed by atoms with Crippen LogP contribution in [-0.4, -0.2) is 28.0 Å². The molecule has 1 fully saturated rings. The molecule has 3 atom stereocenters. The van der Waals surface area contributed by atoms with Crippen LogP contribution < -0.4 is 0 Å². The molecule has 0 saturated heterocycles. The molecule has 0 radical (unpaired) electrons. The second-order valence-corrected chi connectivity index (χ2v) is 4.45. The molecule has 1 saturated carbocycles. The lowest BCUT2D eigenvalue weighted by molar-refractivity contribution is 0.0518. The second kappa shape index (κ2) is 5.60. The summed E-state index contributed by atoms with van der Waals surface area (Å²) in [5, 5.41) is 13.8. The molecule has 0 bridgehead atoms. The van der Waals surface area contributed by atoms with Gasteiger partial charge in [0.05, 0.1) is 12.0 Å². The van der Waals surface area contributed by atoms with E-state index in [4.69, 9.17) is 9.26 Å². The van der Waals surface area contributed by atoms with Gasteiger partial charge in [0.1, 0.15) is 6.10 Å². The van der Waals surface area contributed by atoms with Crippen molar-refractivity contribution in [3.8, 4) is 0 Å². The summed E-state index contributed by atoms with van der Waals surface area (Å²) in [5.74, 6) is 1.17. The van der Waals surface area contributed by atoms with Gasteiger partial charge in [0, 0.05) is 6.61 Å². The third kappa shape index (κ3) is 2.66. The SMILES string of the molecule is CCOC(CC)c1noc(C2CCCC2O)n1. The van der Waals surface area contributed by atoms with Crippen LogP contribution in [-0.2, 0) is 4.74 Å². The number of nitrogens with zero attached hydrogens (tertiary/aromatic N) is 2. The lowest BCUT2D eigenvalue weighted by Gasteiger charge is -2.10. The van der Waals surface area contributed by atoms with E-state index in [1.165, 1.54) is 0 Å². The van der Waals surface area contributed by atoms with Gasteiger partial charge in [-0.25, -0.2) is 0 Å². The monoisotopic (exact) mass is 240 g/mol. The summed E-state index contributed by atoms with van der Waals surface area (Å²) >= 11 is 0. The molecule has 3 unspecified atom stereocenters. The highest BCUT2D eigenvalue weighted by Gasteiger charge is 2.32. The molecular weight excluding hydrogens is 220 g/mol. The minimum atomic E-state index is -0.338. The molecule has 0 spiro atoms. The molecule has 1 aromatic heterocycles. The van der Waals surface area contributed by atoms with Crippen LogP contribution in [0.5, 0.6) is 0 Å². The number of rotatable bonds is 5. The third-order valence-electron chi connectivity index (χ3n) is 3.28. The fourth-order valence-corrected chi connectivity index (χ4v) is 2.33. The minimum absolute atomic E-state index is 0.00961. The van der Waals surface area contributed by atoms with Crippen LogP contribution in [0.2, 0.25) is 0 Å². The molecule has 17 heavy (non-hydrogen) atoms. The van der Waals surface area contributed by atoms with E-state index in [1.807, 2.05) is 13.8 Å². The van der Waals surface area contributed by atoms with Crippen LogP contribution in [0.4, 0.5) is 0 Å². The Morgan fingerprint density at radius 1 is 1.47 bits per heavy atom. The van der Waals surface area contributed by atoms with Gasteiger partial charge in [-0.2, -0.15) is 4.98 Å². The molecule has 1 aromatic rings. The van der Waals surface area contributed by atoms with E-state index in [1.54, 1.807) is 0 Å². The molecule has 0 aliphatic heterocycles. The van der Waals surface area contributed by atoms with Crippen LogP contribution in [0.15, 0.2) is 4.52 Å². The first-order valence-corrected chi connectivity index (χ1v) is 6.39. The van der Waals surface area contributed by atoms with Gasteiger partial charge < -0.3 is 14.4 Å². The Kier molecular flexibility index (Phi) is 4.12. The van der Waals surface area contributed by atoms with Gasteiger partial charge in [-0.3, -0.25) is 0 Å².